The Morgan fingerprint density at radius 1 is 1.75 bits per heavy atom. The Kier molecular flexibility index (Phi) is 5.41. The van der Waals surface area contributed by atoms with E-state index in [1.54, 1.807) is 6.20 Å². The lowest BCUT2D eigenvalue weighted by Crippen LogP contribution is -1.82. The third kappa shape index (κ3) is 5.10. The van der Waals surface area contributed by atoms with Gasteiger partial charge < -0.3 is 5.73 Å². The van der Waals surface area contributed by atoms with Gasteiger partial charge >= 0.3 is 0 Å². The zero-order valence-corrected chi connectivity index (χ0v) is 4.97. The van der Waals surface area contributed by atoms with Crippen LogP contribution in [0, 0.1) is 0 Å². The predicted octanol–water partition coefficient (Wildman–Crippen LogP) is 0.245. The maximum atomic E-state index is 8.58. The third-order valence-corrected chi connectivity index (χ3v) is 0.869. The van der Waals surface area contributed by atoms with Gasteiger partial charge in [-0.3, -0.25) is 4.79 Å². The number of carbonyl (C=O) groups excluding carboxylic acids is 1. The Hall–Kier alpha value is -0.900. The highest BCUT2D eigenvalue weighted by Crippen LogP contribution is 1.83. The van der Waals surface area contributed by atoms with Crippen molar-refractivity contribution in [3.63, 3.8) is 0 Å². The van der Waals surface area contributed by atoms with Gasteiger partial charge in [-0.15, -0.1) is 0 Å². The largest absolute Gasteiger partial charge is 0.372 e. The Labute approximate surface area is 51.3 Å². The molecule has 0 aliphatic carbocycles. The summed E-state index contributed by atoms with van der Waals surface area (Å²) < 4.78 is 3.76. The third-order valence-electron chi connectivity index (χ3n) is 0.347. The number of hydrogen-bond donors (Lipinski definition) is 1. The first-order chi connectivity index (χ1) is 3.91. The Morgan fingerprint density at radius 3 is 2.50 bits per heavy atom. The van der Waals surface area contributed by atoms with E-state index in [4.69, 9.17) is 4.79 Å². The van der Waals surface area contributed by atoms with Crippen LogP contribution in [0.2, 0.25) is 0 Å². The molecule has 0 aromatic carbocycles. The minimum Gasteiger partial charge on any atom is -0.372 e. The lowest BCUT2D eigenvalue weighted by Gasteiger charge is -1.41. The molecule has 0 bridgehead atoms. The second-order valence-corrected chi connectivity index (χ2v) is 1.52. The number of primary amides is 1. The summed E-state index contributed by atoms with van der Waals surface area (Å²) in [5, 5.41) is 1.93. The lowest BCUT2D eigenvalue weighted by atomic mass is 10.8. The number of hydrogen-bond acceptors (Lipinski definition) is 3. The van der Waals surface area contributed by atoms with Crippen molar-refractivity contribution in [2.45, 2.75) is 0 Å². The van der Waals surface area contributed by atoms with Crippen LogP contribution >= 0.6 is 11.5 Å². The van der Waals surface area contributed by atoms with Crippen molar-refractivity contribution in [2.75, 3.05) is 0 Å². The van der Waals surface area contributed by atoms with Crippen LogP contribution in [0.25, 0.3) is 0 Å². The first-order valence-corrected chi connectivity index (χ1v) is 2.75. The van der Waals surface area contributed by atoms with Gasteiger partial charge in [-0.1, -0.05) is 0 Å². The van der Waals surface area contributed by atoms with E-state index in [1.807, 2.05) is 11.4 Å². The minimum atomic E-state index is 0.250. The normalized spacial score (nSPS) is 6.50. The van der Waals surface area contributed by atoms with Crippen molar-refractivity contribution >= 4 is 17.9 Å². The molecule has 1 rings (SSSR count). The average molecular weight is 130 g/mol. The first kappa shape index (κ1) is 7.10. The van der Waals surface area contributed by atoms with E-state index in [2.05, 4.69) is 10.1 Å². The van der Waals surface area contributed by atoms with Crippen LogP contribution in [0.4, 0.5) is 0 Å². The van der Waals surface area contributed by atoms with Crippen molar-refractivity contribution in [3.05, 3.63) is 17.6 Å². The van der Waals surface area contributed by atoms with Crippen LogP contribution in [0.1, 0.15) is 0 Å². The van der Waals surface area contributed by atoms with Crippen LogP contribution in [0.5, 0.6) is 0 Å². The second-order valence-electron chi connectivity index (χ2n) is 0.825. The maximum absolute atomic E-state index is 8.58. The van der Waals surface area contributed by atoms with Gasteiger partial charge in [-0.25, -0.2) is 4.37 Å². The van der Waals surface area contributed by atoms with Gasteiger partial charge in [-0.05, 0) is 17.6 Å². The molecule has 1 aromatic rings. The fraction of sp³-hybridized carbons (Fsp3) is 0. The molecule has 1 heterocycles. The SMILES string of the molecule is NC=O.c1cnsc1. The summed E-state index contributed by atoms with van der Waals surface area (Å²) in [6.45, 7) is 0. The zero-order chi connectivity index (χ0) is 6.24. The van der Waals surface area contributed by atoms with Crippen LogP contribution in [0.15, 0.2) is 17.6 Å². The molecule has 0 radical (unpaired) electrons. The van der Waals surface area contributed by atoms with Gasteiger partial charge in [0.25, 0.3) is 0 Å². The summed E-state index contributed by atoms with van der Waals surface area (Å²) in [4.78, 5) is 8.58. The molecule has 0 atom stereocenters. The number of amides is 1. The summed E-state index contributed by atoms with van der Waals surface area (Å²) in [7, 11) is 0. The van der Waals surface area contributed by atoms with Gasteiger partial charge in [0.15, 0.2) is 0 Å². The quantitative estimate of drug-likeness (QED) is 0.511. The molecule has 3 nitrogen and oxygen atoms in total. The van der Waals surface area contributed by atoms with Gasteiger partial charge in [-0.2, -0.15) is 0 Å². The monoisotopic (exact) mass is 130 g/mol. The van der Waals surface area contributed by atoms with Gasteiger partial charge in [0.1, 0.15) is 0 Å². The number of carbonyl (C=O) groups is 1. The van der Waals surface area contributed by atoms with E-state index in [1.165, 1.54) is 11.5 Å². The van der Waals surface area contributed by atoms with Crippen molar-refractivity contribution in [1.82, 2.24) is 4.37 Å². The molecule has 0 spiro atoms. The van der Waals surface area contributed by atoms with E-state index >= 15 is 0 Å². The summed E-state index contributed by atoms with van der Waals surface area (Å²) >= 11 is 1.46. The van der Waals surface area contributed by atoms with E-state index < -0.39 is 0 Å². The molecule has 44 valence electrons. The van der Waals surface area contributed by atoms with E-state index in [0.29, 0.717) is 0 Å². The molecule has 1 aromatic heterocycles. The molecule has 2 N–H and O–H groups in total. The van der Waals surface area contributed by atoms with Crippen LogP contribution in [0.3, 0.4) is 0 Å². The minimum absolute atomic E-state index is 0.250. The molecule has 0 fully saturated rings. The Bertz CT molecular complexity index is 100. The topological polar surface area (TPSA) is 56.0 Å². The van der Waals surface area contributed by atoms with Gasteiger partial charge in [0.2, 0.25) is 6.41 Å². The lowest BCUT2D eigenvalue weighted by molar-refractivity contribution is -0.106. The average Bonchev–Trinajstić information content (AvgIpc) is 2.17. The molecule has 1 amide bonds. The summed E-state index contributed by atoms with van der Waals surface area (Å²) in [6, 6.07) is 1.91. The van der Waals surface area contributed by atoms with Crippen LogP contribution in [-0.2, 0) is 4.79 Å². The Balaban J connectivity index is 0.000000145. The highest BCUT2D eigenvalue weighted by molar-refractivity contribution is 7.03. The van der Waals surface area contributed by atoms with Crippen LogP contribution < -0.4 is 5.73 Å². The molecular formula is C4H6N2OS. The summed E-state index contributed by atoms with van der Waals surface area (Å²) in [6.07, 6.45) is 2.02. The molecule has 0 aliphatic heterocycles. The number of aromatic nitrogens is 1. The smallest absolute Gasteiger partial charge is 0.204 e. The van der Waals surface area contributed by atoms with Crippen molar-refractivity contribution in [1.29, 1.82) is 0 Å². The second kappa shape index (κ2) is 6.10. The summed E-state index contributed by atoms with van der Waals surface area (Å²) in [5.41, 5.74) is 4.17. The van der Waals surface area contributed by atoms with E-state index in [0.717, 1.165) is 0 Å². The number of nitrogens with zero attached hydrogens (tertiary/aromatic N) is 1. The molecule has 4 heteroatoms. The molecule has 0 aliphatic rings. The van der Waals surface area contributed by atoms with Crippen molar-refractivity contribution < 1.29 is 4.79 Å². The molecule has 8 heavy (non-hydrogen) atoms. The van der Waals surface area contributed by atoms with Crippen molar-refractivity contribution in [2.24, 2.45) is 5.73 Å². The Morgan fingerprint density at radius 2 is 2.38 bits per heavy atom. The first-order valence-electron chi connectivity index (χ1n) is 1.91. The highest BCUT2D eigenvalue weighted by Gasteiger charge is 1.59. The predicted molar refractivity (Wildman–Crippen MR) is 32.4 cm³/mol. The fourth-order valence-electron chi connectivity index (χ4n) is 0.176. The fourth-order valence-corrected chi connectivity index (χ4v) is 0.527. The standard InChI is InChI=1S/C3H3NS.CH3NO/c1-2-4-5-3-1;2-1-3/h1-3H;1H,(H2,2,3). The van der Waals surface area contributed by atoms with Gasteiger partial charge in [0.05, 0.1) is 0 Å². The maximum Gasteiger partial charge on any atom is 0.204 e. The molecule has 0 unspecified atom stereocenters. The number of rotatable bonds is 0. The van der Waals surface area contributed by atoms with Crippen LogP contribution in [-0.4, -0.2) is 10.8 Å². The van der Waals surface area contributed by atoms with Crippen molar-refractivity contribution in [3.8, 4) is 0 Å². The van der Waals surface area contributed by atoms with E-state index in [-0.39, 0.29) is 6.41 Å². The van der Waals surface area contributed by atoms with E-state index in [9.17, 15) is 0 Å². The zero-order valence-electron chi connectivity index (χ0n) is 4.15. The highest BCUT2D eigenvalue weighted by atomic mass is 32.1. The molecule has 0 saturated carbocycles. The summed E-state index contributed by atoms with van der Waals surface area (Å²) in [5.74, 6) is 0. The molecule has 0 saturated heterocycles. The molecular weight excluding hydrogens is 124 g/mol. The van der Waals surface area contributed by atoms with Gasteiger partial charge in [0, 0.05) is 11.6 Å². The number of nitrogens with two attached hydrogens (primary N) is 1.